The van der Waals surface area contributed by atoms with Crippen molar-refractivity contribution in [1.29, 1.82) is 0 Å². The maximum Gasteiger partial charge on any atom is 0.272 e. The van der Waals surface area contributed by atoms with Crippen molar-refractivity contribution in [3.63, 3.8) is 0 Å². The molecule has 0 saturated carbocycles. The van der Waals surface area contributed by atoms with Crippen LogP contribution >= 0.6 is 22.6 Å². The average molecular weight is 488 g/mol. The molecule has 28 heavy (non-hydrogen) atoms. The summed E-state index contributed by atoms with van der Waals surface area (Å²) in [6.45, 7) is 0. The van der Waals surface area contributed by atoms with Crippen molar-refractivity contribution in [2.24, 2.45) is 0 Å². The molecule has 0 atom stereocenters. The minimum atomic E-state index is -0.471. The van der Waals surface area contributed by atoms with Gasteiger partial charge in [0, 0.05) is 15.3 Å². The molecule has 0 aliphatic rings. The molecule has 0 saturated heterocycles. The van der Waals surface area contributed by atoms with E-state index in [2.05, 4.69) is 33.2 Å². The monoisotopic (exact) mass is 488 g/mol. The summed E-state index contributed by atoms with van der Waals surface area (Å²) >= 11 is 2.08. The van der Waals surface area contributed by atoms with Crippen molar-refractivity contribution in [2.75, 3.05) is 12.4 Å². The van der Waals surface area contributed by atoms with Crippen molar-refractivity contribution >= 4 is 46.2 Å². The first kappa shape index (κ1) is 19.7. The van der Waals surface area contributed by atoms with Crippen LogP contribution in [-0.2, 0) is 4.79 Å². The molecular weight excluding hydrogens is 471 g/mol. The lowest BCUT2D eigenvalue weighted by Gasteiger charge is -2.12. The number of carbonyl (C=O) groups is 2. The van der Waals surface area contributed by atoms with Crippen LogP contribution in [0.5, 0.6) is 5.75 Å². The van der Waals surface area contributed by atoms with E-state index >= 15 is 0 Å². The fourth-order valence-corrected chi connectivity index (χ4v) is 3.01. The molecule has 0 aliphatic carbocycles. The van der Waals surface area contributed by atoms with Crippen LogP contribution in [0.15, 0.2) is 77.0 Å². The first-order valence-electron chi connectivity index (χ1n) is 8.33. The molecule has 6 nitrogen and oxygen atoms in total. The third-order valence-corrected chi connectivity index (χ3v) is 4.73. The van der Waals surface area contributed by atoms with Gasteiger partial charge in [-0.2, -0.15) is 0 Å². The molecule has 1 heterocycles. The van der Waals surface area contributed by atoms with Gasteiger partial charge in [-0.25, -0.2) is 0 Å². The molecule has 0 radical (unpaired) electrons. The molecule has 2 amide bonds. The second-order valence-electron chi connectivity index (χ2n) is 5.69. The number of hydrogen-bond acceptors (Lipinski definition) is 4. The van der Waals surface area contributed by atoms with Crippen LogP contribution in [0.3, 0.4) is 0 Å². The van der Waals surface area contributed by atoms with E-state index in [1.165, 1.54) is 12.3 Å². The van der Waals surface area contributed by atoms with Crippen LogP contribution in [0.4, 0.5) is 5.69 Å². The number of nitrogens with one attached hydrogen (secondary N) is 2. The third-order valence-electron chi connectivity index (χ3n) is 3.79. The van der Waals surface area contributed by atoms with Gasteiger partial charge in [0.2, 0.25) is 0 Å². The van der Waals surface area contributed by atoms with Gasteiger partial charge in [-0.15, -0.1) is 0 Å². The van der Waals surface area contributed by atoms with Gasteiger partial charge in [-0.05, 0) is 71.1 Å². The van der Waals surface area contributed by atoms with Gasteiger partial charge in [0.25, 0.3) is 11.8 Å². The standard InChI is InChI=1S/C21H17IN2O4/c1-27-15-10-8-14(9-11-15)23-21(26)19(13-16-5-4-12-28-16)24-20(25)17-6-2-3-7-18(17)22/h2-13H,1H3,(H,23,26)(H,24,25). The van der Waals surface area contributed by atoms with Crippen molar-refractivity contribution < 1.29 is 18.7 Å². The third kappa shape index (κ3) is 5.01. The minimum absolute atomic E-state index is 0.0652. The molecule has 0 bridgehead atoms. The second kappa shape index (κ2) is 9.23. The summed E-state index contributed by atoms with van der Waals surface area (Å²) in [6.07, 6.45) is 2.97. The highest BCUT2D eigenvalue weighted by Gasteiger charge is 2.17. The van der Waals surface area contributed by atoms with E-state index in [1.54, 1.807) is 55.6 Å². The topological polar surface area (TPSA) is 80.6 Å². The van der Waals surface area contributed by atoms with Crippen LogP contribution in [-0.4, -0.2) is 18.9 Å². The predicted molar refractivity (Wildman–Crippen MR) is 115 cm³/mol. The summed E-state index contributed by atoms with van der Waals surface area (Å²) in [5.41, 5.74) is 1.11. The van der Waals surface area contributed by atoms with E-state index < -0.39 is 5.91 Å². The zero-order chi connectivity index (χ0) is 19.9. The summed E-state index contributed by atoms with van der Waals surface area (Å²) in [5, 5.41) is 5.43. The number of amides is 2. The normalized spacial score (nSPS) is 11.0. The van der Waals surface area contributed by atoms with Gasteiger partial charge < -0.3 is 19.8 Å². The van der Waals surface area contributed by atoms with Gasteiger partial charge >= 0.3 is 0 Å². The first-order chi connectivity index (χ1) is 13.6. The molecule has 0 unspecified atom stereocenters. The van der Waals surface area contributed by atoms with Gasteiger partial charge in [0.1, 0.15) is 17.2 Å². The van der Waals surface area contributed by atoms with Crippen LogP contribution < -0.4 is 15.4 Å². The lowest BCUT2D eigenvalue weighted by Crippen LogP contribution is -2.31. The highest BCUT2D eigenvalue weighted by Crippen LogP contribution is 2.17. The van der Waals surface area contributed by atoms with Gasteiger partial charge in [-0.3, -0.25) is 9.59 Å². The predicted octanol–water partition coefficient (Wildman–Crippen LogP) is 4.30. The van der Waals surface area contributed by atoms with Gasteiger partial charge in [-0.1, -0.05) is 12.1 Å². The molecule has 3 rings (SSSR count). The zero-order valence-corrected chi connectivity index (χ0v) is 17.1. The van der Waals surface area contributed by atoms with Gasteiger partial charge in [0.05, 0.1) is 18.9 Å². The summed E-state index contributed by atoms with van der Waals surface area (Å²) in [7, 11) is 1.57. The summed E-state index contributed by atoms with van der Waals surface area (Å²) in [4.78, 5) is 25.4. The Morgan fingerprint density at radius 1 is 1.04 bits per heavy atom. The highest BCUT2D eigenvalue weighted by atomic mass is 127. The molecule has 3 aromatic rings. The molecule has 142 valence electrons. The largest absolute Gasteiger partial charge is 0.497 e. The van der Waals surface area contributed by atoms with E-state index in [0.717, 1.165) is 3.57 Å². The maximum absolute atomic E-state index is 12.8. The van der Waals surface area contributed by atoms with Crippen molar-refractivity contribution in [2.45, 2.75) is 0 Å². The van der Waals surface area contributed by atoms with E-state index in [4.69, 9.17) is 9.15 Å². The molecule has 0 spiro atoms. The number of methoxy groups -OCH3 is 1. The van der Waals surface area contributed by atoms with Crippen molar-refractivity contribution in [3.8, 4) is 5.75 Å². The Bertz CT molecular complexity index is 996. The number of furan rings is 1. The zero-order valence-electron chi connectivity index (χ0n) is 14.9. The molecule has 2 aromatic carbocycles. The minimum Gasteiger partial charge on any atom is -0.497 e. The molecule has 2 N–H and O–H groups in total. The Hall–Kier alpha value is -3.07. The molecular formula is C21H17IN2O4. The number of anilines is 1. The van der Waals surface area contributed by atoms with Gasteiger partial charge in [0.15, 0.2) is 0 Å². The first-order valence-corrected chi connectivity index (χ1v) is 9.41. The van der Waals surface area contributed by atoms with Crippen LogP contribution in [0.1, 0.15) is 16.1 Å². The fourth-order valence-electron chi connectivity index (χ4n) is 2.38. The van der Waals surface area contributed by atoms with Crippen LogP contribution in [0, 0.1) is 3.57 Å². The Labute approximate surface area is 175 Å². The summed E-state index contributed by atoms with van der Waals surface area (Å²) < 4.78 is 11.2. The van der Waals surface area contributed by atoms with E-state index in [-0.39, 0.29) is 11.6 Å². The maximum atomic E-state index is 12.8. The lowest BCUT2D eigenvalue weighted by molar-refractivity contribution is -0.113. The SMILES string of the molecule is COc1ccc(NC(=O)C(=Cc2ccco2)NC(=O)c2ccccc2I)cc1. The lowest BCUT2D eigenvalue weighted by atomic mass is 10.2. The van der Waals surface area contributed by atoms with E-state index in [1.807, 2.05) is 12.1 Å². The number of ether oxygens (including phenoxy) is 1. The number of carbonyl (C=O) groups excluding carboxylic acids is 2. The molecule has 1 aromatic heterocycles. The smallest absolute Gasteiger partial charge is 0.272 e. The van der Waals surface area contributed by atoms with E-state index in [9.17, 15) is 9.59 Å². The molecule has 0 fully saturated rings. The van der Waals surface area contributed by atoms with Crippen LogP contribution in [0.25, 0.3) is 6.08 Å². The number of benzene rings is 2. The highest BCUT2D eigenvalue weighted by molar-refractivity contribution is 14.1. The Balaban J connectivity index is 1.83. The Morgan fingerprint density at radius 2 is 1.79 bits per heavy atom. The Morgan fingerprint density at radius 3 is 2.43 bits per heavy atom. The number of halogens is 1. The van der Waals surface area contributed by atoms with E-state index in [0.29, 0.717) is 22.8 Å². The molecule has 0 aliphatic heterocycles. The van der Waals surface area contributed by atoms with Crippen molar-refractivity contribution in [1.82, 2.24) is 5.32 Å². The quantitative estimate of drug-likeness (QED) is 0.401. The van der Waals surface area contributed by atoms with Crippen LogP contribution in [0.2, 0.25) is 0 Å². The number of hydrogen-bond donors (Lipinski definition) is 2. The number of rotatable bonds is 6. The molecule has 7 heteroatoms. The summed E-state index contributed by atoms with van der Waals surface area (Å²) in [5.74, 6) is 0.271. The Kier molecular flexibility index (Phi) is 6.49. The fraction of sp³-hybridized carbons (Fsp3) is 0.0476. The average Bonchev–Trinajstić information content (AvgIpc) is 3.21. The van der Waals surface area contributed by atoms with Crippen molar-refractivity contribution in [3.05, 3.63) is 87.5 Å². The summed E-state index contributed by atoms with van der Waals surface area (Å²) in [6, 6.07) is 17.4. The second-order valence-corrected chi connectivity index (χ2v) is 6.85.